The Balaban J connectivity index is 2.27. The van der Waals surface area contributed by atoms with E-state index < -0.39 is 0 Å². The van der Waals surface area contributed by atoms with Gasteiger partial charge in [0.2, 0.25) is 0 Å². The molecule has 0 aromatic carbocycles. The summed E-state index contributed by atoms with van der Waals surface area (Å²) in [4.78, 5) is 10.5. The third kappa shape index (κ3) is 3.18. The highest BCUT2D eigenvalue weighted by molar-refractivity contribution is 6.30. The number of hydrogen-bond acceptors (Lipinski definition) is 4. The predicted octanol–water partition coefficient (Wildman–Crippen LogP) is 2.82. The van der Waals surface area contributed by atoms with E-state index in [2.05, 4.69) is 21.8 Å². The average molecular weight is 284 g/mol. The highest BCUT2D eigenvalue weighted by Gasteiger charge is 2.28. The van der Waals surface area contributed by atoms with Crippen LogP contribution in [-0.4, -0.2) is 34.3 Å². The minimum atomic E-state index is -0.276. The fourth-order valence-corrected chi connectivity index (χ4v) is 3.07. The van der Waals surface area contributed by atoms with Gasteiger partial charge in [-0.05, 0) is 19.3 Å². The third-order valence-electron chi connectivity index (χ3n) is 3.90. The highest BCUT2D eigenvalue weighted by Crippen LogP contribution is 2.30. The molecule has 1 aromatic rings. The molecule has 5 heteroatoms. The first-order chi connectivity index (χ1) is 9.15. The van der Waals surface area contributed by atoms with Crippen LogP contribution in [0.2, 0.25) is 5.15 Å². The molecule has 2 rings (SSSR count). The van der Waals surface area contributed by atoms with Crippen LogP contribution in [0.5, 0.6) is 0 Å². The zero-order valence-corrected chi connectivity index (χ0v) is 12.4. The van der Waals surface area contributed by atoms with E-state index >= 15 is 0 Å². The number of aliphatic hydroxyl groups is 1. The fraction of sp³-hybridized carbons (Fsp3) is 0.714. The van der Waals surface area contributed by atoms with Crippen molar-refractivity contribution in [2.45, 2.75) is 57.6 Å². The Morgan fingerprint density at radius 3 is 2.79 bits per heavy atom. The van der Waals surface area contributed by atoms with Gasteiger partial charge in [-0.25, -0.2) is 9.97 Å². The van der Waals surface area contributed by atoms with Gasteiger partial charge in [-0.1, -0.05) is 37.8 Å². The molecule has 2 unspecified atom stereocenters. The summed E-state index contributed by atoms with van der Waals surface area (Å²) in [5, 5.41) is 10.7. The second-order valence-electron chi connectivity index (χ2n) is 5.25. The maximum atomic E-state index is 10.2. The molecule has 4 nitrogen and oxygen atoms in total. The maximum Gasteiger partial charge on any atom is 0.137 e. The van der Waals surface area contributed by atoms with Gasteiger partial charge in [0.25, 0.3) is 0 Å². The molecule has 19 heavy (non-hydrogen) atoms. The number of nitrogens with zero attached hydrogens (tertiary/aromatic N) is 3. The molecule has 0 saturated heterocycles. The minimum absolute atomic E-state index is 0.135. The summed E-state index contributed by atoms with van der Waals surface area (Å²) in [5.74, 6) is 0.868. The summed E-state index contributed by atoms with van der Waals surface area (Å²) in [6.07, 6.45) is 7.24. The molecular weight excluding hydrogens is 262 g/mol. The average Bonchev–Trinajstić information content (AvgIpc) is 2.41. The van der Waals surface area contributed by atoms with Crippen LogP contribution in [0.4, 0.5) is 5.82 Å². The van der Waals surface area contributed by atoms with Crippen molar-refractivity contribution in [3.05, 3.63) is 17.0 Å². The SMILES string of the molecule is CCCc1c(Cl)ncnc1N(C)C1CCCCC1O. The molecule has 0 aliphatic heterocycles. The molecular formula is C14H22ClN3O. The van der Waals surface area contributed by atoms with Crippen molar-refractivity contribution in [2.24, 2.45) is 0 Å². The predicted molar refractivity (Wildman–Crippen MR) is 77.7 cm³/mol. The summed E-state index contributed by atoms with van der Waals surface area (Å²) >= 11 is 6.19. The molecule has 1 saturated carbocycles. The van der Waals surface area contributed by atoms with Gasteiger partial charge in [0.05, 0.1) is 12.1 Å². The van der Waals surface area contributed by atoms with E-state index in [1.807, 2.05) is 7.05 Å². The Bertz CT molecular complexity index is 427. The van der Waals surface area contributed by atoms with Crippen molar-refractivity contribution in [1.82, 2.24) is 9.97 Å². The summed E-state index contributed by atoms with van der Waals surface area (Å²) in [6.45, 7) is 2.11. The number of likely N-dealkylation sites (N-methyl/N-ethyl adjacent to an activating group) is 1. The zero-order valence-electron chi connectivity index (χ0n) is 11.6. The minimum Gasteiger partial charge on any atom is -0.391 e. The van der Waals surface area contributed by atoms with Crippen molar-refractivity contribution < 1.29 is 5.11 Å². The van der Waals surface area contributed by atoms with E-state index in [1.54, 1.807) is 0 Å². The van der Waals surface area contributed by atoms with Crippen molar-refractivity contribution in [3.63, 3.8) is 0 Å². The molecule has 0 radical (unpaired) electrons. The molecule has 0 spiro atoms. The van der Waals surface area contributed by atoms with E-state index in [9.17, 15) is 5.11 Å². The maximum absolute atomic E-state index is 10.2. The monoisotopic (exact) mass is 283 g/mol. The van der Waals surface area contributed by atoms with Gasteiger partial charge in [0.15, 0.2) is 0 Å². The van der Waals surface area contributed by atoms with Crippen LogP contribution in [-0.2, 0) is 6.42 Å². The van der Waals surface area contributed by atoms with Crippen LogP contribution >= 0.6 is 11.6 Å². The Labute approximate surface area is 119 Å². The summed E-state index contributed by atoms with van der Waals surface area (Å²) in [7, 11) is 2.00. The van der Waals surface area contributed by atoms with E-state index in [0.717, 1.165) is 49.9 Å². The van der Waals surface area contributed by atoms with Gasteiger partial charge >= 0.3 is 0 Å². The van der Waals surface area contributed by atoms with Crippen LogP contribution in [0.1, 0.15) is 44.6 Å². The van der Waals surface area contributed by atoms with E-state index in [1.165, 1.54) is 6.33 Å². The molecule has 0 amide bonds. The van der Waals surface area contributed by atoms with Crippen LogP contribution < -0.4 is 4.90 Å². The lowest BCUT2D eigenvalue weighted by Crippen LogP contribution is -2.44. The number of halogens is 1. The van der Waals surface area contributed by atoms with Gasteiger partial charge in [0.1, 0.15) is 17.3 Å². The molecule has 1 N–H and O–H groups in total. The topological polar surface area (TPSA) is 49.2 Å². The van der Waals surface area contributed by atoms with E-state index in [4.69, 9.17) is 11.6 Å². The van der Waals surface area contributed by atoms with Crippen molar-refractivity contribution in [3.8, 4) is 0 Å². The van der Waals surface area contributed by atoms with Gasteiger partial charge in [-0.2, -0.15) is 0 Å². The Morgan fingerprint density at radius 1 is 1.37 bits per heavy atom. The first-order valence-corrected chi connectivity index (χ1v) is 7.43. The summed E-state index contributed by atoms with van der Waals surface area (Å²) < 4.78 is 0. The Kier molecular flexibility index (Phi) is 4.99. The Morgan fingerprint density at radius 2 is 2.11 bits per heavy atom. The summed E-state index contributed by atoms with van der Waals surface area (Å²) in [5.41, 5.74) is 0.993. The number of aliphatic hydroxyl groups excluding tert-OH is 1. The lowest BCUT2D eigenvalue weighted by Gasteiger charge is -2.36. The first-order valence-electron chi connectivity index (χ1n) is 7.05. The van der Waals surface area contributed by atoms with Crippen LogP contribution in [0, 0.1) is 0 Å². The zero-order chi connectivity index (χ0) is 13.8. The standard InChI is InChI=1S/C14H22ClN3O/c1-3-6-10-13(15)16-9-17-14(10)18(2)11-7-4-5-8-12(11)19/h9,11-12,19H,3-8H2,1-2H3. The molecule has 1 aromatic heterocycles. The van der Waals surface area contributed by atoms with Crippen molar-refractivity contribution in [1.29, 1.82) is 0 Å². The third-order valence-corrected chi connectivity index (χ3v) is 4.22. The highest BCUT2D eigenvalue weighted by atomic mass is 35.5. The van der Waals surface area contributed by atoms with E-state index in [0.29, 0.717) is 5.15 Å². The van der Waals surface area contributed by atoms with E-state index in [-0.39, 0.29) is 12.1 Å². The summed E-state index contributed by atoms with van der Waals surface area (Å²) in [6, 6.07) is 0.135. The van der Waals surface area contributed by atoms with Crippen molar-refractivity contribution >= 4 is 17.4 Å². The second kappa shape index (κ2) is 6.53. The molecule has 106 valence electrons. The molecule has 1 aliphatic carbocycles. The normalized spacial score (nSPS) is 23.4. The van der Waals surface area contributed by atoms with Gasteiger partial charge in [0, 0.05) is 12.6 Å². The smallest absolute Gasteiger partial charge is 0.137 e. The van der Waals surface area contributed by atoms with Gasteiger partial charge < -0.3 is 10.0 Å². The van der Waals surface area contributed by atoms with Crippen molar-refractivity contribution in [2.75, 3.05) is 11.9 Å². The van der Waals surface area contributed by atoms with Gasteiger partial charge in [-0.3, -0.25) is 0 Å². The fourth-order valence-electron chi connectivity index (χ4n) is 2.85. The molecule has 1 aliphatic rings. The van der Waals surface area contributed by atoms with Crippen LogP contribution in [0.15, 0.2) is 6.33 Å². The number of hydrogen-bond donors (Lipinski definition) is 1. The molecule has 0 bridgehead atoms. The lowest BCUT2D eigenvalue weighted by atomic mass is 9.91. The number of anilines is 1. The molecule has 2 atom stereocenters. The van der Waals surface area contributed by atoms with Crippen LogP contribution in [0.3, 0.4) is 0 Å². The van der Waals surface area contributed by atoms with Gasteiger partial charge in [-0.15, -0.1) is 0 Å². The number of aromatic nitrogens is 2. The van der Waals surface area contributed by atoms with Crippen LogP contribution in [0.25, 0.3) is 0 Å². The quantitative estimate of drug-likeness (QED) is 0.863. The largest absolute Gasteiger partial charge is 0.391 e. The second-order valence-corrected chi connectivity index (χ2v) is 5.60. The molecule has 1 fully saturated rings. The number of rotatable bonds is 4. The Hall–Kier alpha value is -0.870. The molecule has 1 heterocycles. The lowest BCUT2D eigenvalue weighted by molar-refractivity contribution is 0.106. The first kappa shape index (κ1) is 14.5.